The molecule has 9 heteroatoms. The number of piperidine rings is 1. The molecule has 1 saturated heterocycles. The minimum absolute atomic E-state index is 0.0555. The van der Waals surface area contributed by atoms with E-state index in [4.69, 9.17) is 11.6 Å². The molecule has 0 unspecified atom stereocenters. The third-order valence-corrected chi connectivity index (χ3v) is 7.25. The van der Waals surface area contributed by atoms with Crippen LogP contribution in [0.4, 0.5) is 11.4 Å². The van der Waals surface area contributed by atoms with E-state index in [0.29, 0.717) is 47.9 Å². The maximum Gasteiger partial charge on any atom is 0.257 e. The summed E-state index contributed by atoms with van der Waals surface area (Å²) in [7, 11) is -3.24. The van der Waals surface area contributed by atoms with Crippen molar-refractivity contribution in [2.24, 2.45) is 5.92 Å². The molecule has 1 aliphatic rings. The molecule has 0 atom stereocenters. The Bertz CT molecular complexity index is 1020. The minimum atomic E-state index is -3.24. The Morgan fingerprint density at radius 2 is 1.67 bits per heavy atom. The van der Waals surface area contributed by atoms with E-state index in [9.17, 15) is 18.0 Å². The normalized spacial score (nSPS) is 15.5. The number of nitrogens with zero attached hydrogens (tertiary/aromatic N) is 1. The number of anilines is 2. The number of halogens is 1. The van der Waals surface area contributed by atoms with Gasteiger partial charge in [0.1, 0.15) is 0 Å². The number of carbonyl (C=O) groups excluding carboxylic acids is 2. The molecule has 0 bridgehead atoms. The molecule has 2 aromatic rings. The van der Waals surface area contributed by atoms with E-state index >= 15 is 0 Å². The molecule has 2 amide bonds. The summed E-state index contributed by atoms with van der Waals surface area (Å²) in [6.45, 7) is 2.26. The molecule has 160 valence electrons. The van der Waals surface area contributed by atoms with E-state index in [-0.39, 0.29) is 23.5 Å². The number of hydrogen-bond acceptors (Lipinski definition) is 4. The topological polar surface area (TPSA) is 95.6 Å². The summed E-state index contributed by atoms with van der Waals surface area (Å²) in [4.78, 5) is 25.4. The van der Waals surface area contributed by atoms with Crippen LogP contribution in [-0.2, 0) is 14.8 Å². The van der Waals surface area contributed by atoms with Crippen molar-refractivity contribution in [3.8, 4) is 0 Å². The maximum absolute atomic E-state index is 12.7. The van der Waals surface area contributed by atoms with Gasteiger partial charge < -0.3 is 10.6 Å². The van der Waals surface area contributed by atoms with Crippen LogP contribution in [0.15, 0.2) is 48.5 Å². The first kappa shape index (κ1) is 22.3. The second-order valence-electron chi connectivity index (χ2n) is 7.07. The summed E-state index contributed by atoms with van der Waals surface area (Å²) < 4.78 is 25.4. The van der Waals surface area contributed by atoms with Gasteiger partial charge in [-0.1, -0.05) is 23.7 Å². The standard InChI is InChI=1S/C21H24ClN3O4S/c1-2-30(28,29)25-13-11-15(12-14-25)20(26)24-19-6-4-3-5-18(19)21(27)23-17-9-7-16(22)8-10-17/h3-10,15H,2,11-14H2,1H3,(H,23,27)(H,24,26). The Kier molecular flexibility index (Phi) is 7.12. The van der Waals surface area contributed by atoms with Crippen LogP contribution in [0.2, 0.25) is 5.02 Å². The lowest BCUT2D eigenvalue weighted by Gasteiger charge is -2.30. The molecular formula is C21H24ClN3O4S. The summed E-state index contributed by atoms with van der Waals surface area (Å²) in [6.07, 6.45) is 0.897. The quantitative estimate of drug-likeness (QED) is 0.704. The largest absolute Gasteiger partial charge is 0.325 e. The van der Waals surface area contributed by atoms with Crippen molar-refractivity contribution in [3.63, 3.8) is 0 Å². The molecule has 0 saturated carbocycles. The van der Waals surface area contributed by atoms with Crippen molar-refractivity contribution in [3.05, 3.63) is 59.1 Å². The summed E-state index contributed by atoms with van der Waals surface area (Å²) in [5, 5.41) is 6.19. The number of hydrogen-bond donors (Lipinski definition) is 2. The van der Waals surface area contributed by atoms with E-state index in [0.717, 1.165) is 0 Å². The first-order valence-corrected chi connectivity index (χ1v) is 11.7. The van der Waals surface area contributed by atoms with Crippen molar-refractivity contribution in [1.29, 1.82) is 0 Å². The van der Waals surface area contributed by atoms with Gasteiger partial charge >= 0.3 is 0 Å². The van der Waals surface area contributed by atoms with Crippen molar-refractivity contribution in [1.82, 2.24) is 4.31 Å². The minimum Gasteiger partial charge on any atom is -0.325 e. The molecule has 2 N–H and O–H groups in total. The monoisotopic (exact) mass is 449 g/mol. The first-order valence-electron chi connectivity index (χ1n) is 9.75. The van der Waals surface area contributed by atoms with Crippen molar-refractivity contribution in [2.45, 2.75) is 19.8 Å². The van der Waals surface area contributed by atoms with Crippen LogP contribution in [0, 0.1) is 5.92 Å². The summed E-state index contributed by atoms with van der Waals surface area (Å²) in [5.41, 5.74) is 1.35. The number of amides is 2. The van der Waals surface area contributed by atoms with Gasteiger partial charge in [0.15, 0.2) is 0 Å². The van der Waals surface area contributed by atoms with Gasteiger partial charge in [-0.15, -0.1) is 0 Å². The van der Waals surface area contributed by atoms with Crippen LogP contribution >= 0.6 is 11.6 Å². The fraction of sp³-hybridized carbons (Fsp3) is 0.333. The van der Waals surface area contributed by atoms with E-state index in [1.165, 1.54) is 4.31 Å². The van der Waals surface area contributed by atoms with Crippen LogP contribution in [-0.4, -0.2) is 43.4 Å². The zero-order valence-corrected chi connectivity index (χ0v) is 18.2. The molecule has 1 heterocycles. The highest BCUT2D eigenvalue weighted by Crippen LogP contribution is 2.24. The molecule has 3 rings (SSSR count). The maximum atomic E-state index is 12.7. The third-order valence-electron chi connectivity index (χ3n) is 5.11. The fourth-order valence-corrected chi connectivity index (χ4v) is 4.59. The molecule has 2 aromatic carbocycles. The second kappa shape index (κ2) is 9.59. The molecule has 1 aliphatic heterocycles. The average Bonchev–Trinajstić information content (AvgIpc) is 2.75. The molecule has 7 nitrogen and oxygen atoms in total. The Labute approximate surface area is 181 Å². The van der Waals surface area contributed by atoms with Crippen LogP contribution in [0.1, 0.15) is 30.1 Å². The van der Waals surface area contributed by atoms with Gasteiger partial charge in [0.05, 0.1) is 17.0 Å². The van der Waals surface area contributed by atoms with Crippen LogP contribution in [0.5, 0.6) is 0 Å². The molecule has 0 aromatic heterocycles. The van der Waals surface area contributed by atoms with Gasteiger partial charge in [0, 0.05) is 29.7 Å². The Hall–Kier alpha value is -2.42. The van der Waals surface area contributed by atoms with Gasteiger partial charge in [0.25, 0.3) is 5.91 Å². The predicted octanol–water partition coefficient (Wildman–Crippen LogP) is 3.59. The molecule has 0 radical (unpaired) electrons. The van der Waals surface area contributed by atoms with E-state index in [1.807, 2.05) is 0 Å². The summed E-state index contributed by atoms with van der Waals surface area (Å²) in [6, 6.07) is 13.5. The smallest absolute Gasteiger partial charge is 0.257 e. The number of rotatable bonds is 6. The van der Waals surface area contributed by atoms with Crippen LogP contribution in [0.25, 0.3) is 0 Å². The zero-order valence-electron chi connectivity index (χ0n) is 16.6. The molecule has 0 spiro atoms. The summed E-state index contributed by atoms with van der Waals surface area (Å²) >= 11 is 5.87. The Balaban J connectivity index is 1.65. The highest BCUT2D eigenvalue weighted by atomic mass is 35.5. The number of para-hydroxylation sites is 1. The number of benzene rings is 2. The number of nitrogens with one attached hydrogen (secondary N) is 2. The number of carbonyl (C=O) groups is 2. The predicted molar refractivity (Wildman–Crippen MR) is 118 cm³/mol. The lowest BCUT2D eigenvalue weighted by atomic mass is 9.97. The molecule has 0 aliphatic carbocycles. The second-order valence-corrected chi connectivity index (χ2v) is 9.76. The van der Waals surface area contributed by atoms with Crippen molar-refractivity contribution >= 4 is 44.8 Å². The average molecular weight is 450 g/mol. The van der Waals surface area contributed by atoms with Crippen LogP contribution in [0.3, 0.4) is 0 Å². The SMILES string of the molecule is CCS(=O)(=O)N1CCC(C(=O)Nc2ccccc2C(=O)Nc2ccc(Cl)cc2)CC1. The van der Waals surface area contributed by atoms with E-state index in [1.54, 1.807) is 55.5 Å². The zero-order chi connectivity index (χ0) is 21.7. The fourth-order valence-electron chi connectivity index (χ4n) is 3.34. The highest BCUT2D eigenvalue weighted by molar-refractivity contribution is 7.89. The van der Waals surface area contributed by atoms with E-state index < -0.39 is 10.0 Å². The van der Waals surface area contributed by atoms with Crippen molar-refractivity contribution < 1.29 is 18.0 Å². The lowest BCUT2D eigenvalue weighted by molar-refractivity contribution is -0.120. The van der Waals surface area contributed by atoms with Crippen molar-refractivity contribution in [2.75, 3.05) is 29.5 Å². The highest BCUT2D eigenvalue weighted by Gasteiger charge is 2.30. The van der Waals surface area contributed by atoms with Gasteiger partial charge in [-0.25, -0.2) is 12.7 Å². The van der Waals surface area contributed by atoms with Gasteiger partial charge in [0.2, 0.25) is 15.9 Å². The van der Waals surface area contributed by atoms with Gasteiger partial charge in [-0.3, -0.25) is 9.59 Å². The van der Waals surface area contributed by atoms with Crippen LogP contribution < -0.4 is 10.6 Å². The first-order chi connectivity index (χ1) is 14.3. The van der Waals surface area contributed by atoms with Gasteiger partial charge in [-0.2, -0.15) is 0 Å². The molecular weight excluding hydrogens is 426 g/mol. The Morgan fingerprint density at radius 1 is 1.03 bits per heavy atom. The third kappa shape index (κ3) is 5.38. The molecule has 1 fully saturated rings. The summed E-state index contributed by atoms with van der Waals surface area (Å²) in [5.74, 6) is -0.812. The van der Waals surface area contributed by atoms with Gasteiger partial charge in [-0.05, 0) is 56.2 Å². The molecule has 30 heavy (non-hydrogen) atoms. The number of sulfonamides is 1. The lowest BCUT2D eigenvalue weighted by Crippen LogP contribution is -2.42. The van der Waals surface area contributed by atoms with E-state index in [2.05, 4.69) is 10.6 Å². The Morgan fingerprint density at radius 3 is 2.30 bits per heavy atom.